The van der Waals surface area contributed by atoms with Crippen molar-refractivity contribution in [2.24, 2.45) is 0 Å². The van der Waals surface area contributed by atoms with Crippen molar-refractivity contribution in [1.29, 1.82) is 0 Å². The van der Waals surface area contributed by atoms with Gasteiger partial charge in [-0.15, -0.1) is 0 Å². The van der Waals surface area contributed by atoms with Crippen molar-refractivity contribution in [3.05, 3.63) is 188 Å². The first-order valence-electron chi connectivity index (χ1n) is 20.3. The van der Waals surface area contributed by atoms with Gasteiger partial charge in [0.15, 0.2) is 17.5 Å². The molecular weight excluding hydrogens is 751 g/mol. The van der Waals surface area contributed by atoms with E-state index in [0.717, 1.165) is 110 Å². The quantitative estimate of drug-likeness (QED) is 0.173. The Hall–Kier alpha value is -8.35. The van der Waals surface area contributed by atoms with E-state index in [-0.39, 0.29) is 0 Å². The van der Waals surface area contributed by atoms with Crippen LogP contribution in [0.4, 0.5) is 0 Å². The molecule has 61 heavy (non-hydrogen) atoms. The Bertz CT molecular complexity index is 3880. The monoisotopic (exact) mass is 781 g/mol. The third kappa shape index (κ3) is 5.32. The third-order valence-corrected chi connectivity index (χ3v) is 11.9. The zero-order valence-electron chi connectivity index (χ0n) is 32.5. The van der Waals surface area contributed by atoms with E-state index < -0.39 is 0 Å². The molecule has 0 aliphatic carbocycles. The van der Waals surface area contributed by atoms with Gasteiger partial charge in [0.05, 0.1) is 11.1 Å². The number of rotatable bonds is 5. The van der Waals surface area contributed by atoms with Gasteiger partial charge >= 0.3 is 0 Å². The molecule has 0 radical (unpaired) electrons. The van der Waals surface area contributed by atoms with E-state index in [4.69, 9.17) is 28.2 Å². The number of hydrogen-bond donors (Lipinski definition) is 0. The maximum atomic E-state index is 6.88. The maximum absolute atomic E-state index is 6.88. The average molecular weight is 782 g/mol. The van der Waals surface area contributed by atoms with E-state index in [0.29, 0.717) is 23.1 Å². The fraction of sp³-hybridized carbons (Fsp3) is 0. The molecule has 4 aromatic heterocycles. The maximum Gasteiger partial charge on any atom is 0.167 e. The van der Waals surface area contributed by atoms with Gasteiger partial charge in [-0.3, -0.25) is 0 Å². The van der Waals surface area contributed by atoms with Gasteiger partial charge in [0.2, 0.25) is 0 Å². The molecule has 0 unspecified atom stereocenters. The average Bonchev–Trinajstić information content (AvgIpc) is 4.03. The summed E-state index contributed by atoms with van der Waals surface area (Å²) >= 11 is 0. The molecule has 0 bridgehead atoms. The molecule has 0 N–H and O–H groups in total. The number of para-hydroxylation sites is 3. The first-order chi connectivity index (χ1) is 30.2. The van der Waals surface area contributed by atoms with Gasteiger partial charge in [-0.1, -0.05) is 140 Å². The summed E-state index contributed by atoms with van der Waals surface area (Å²) in [7, 11) is 0. The van der Waals surface area contributed by atoms with Gasteiger partial charge in [-0.05, 0) is 81.6 Å². The second kappa shape index (κ2) is 13.1. The van der Waals surface area contributed by atoms with Crippen molar-refractivity contribution < 1.29 is 13.3 Å². The SMILES string of the molecule is c1ccc(-c2ccc(-c3nc(-c4cccc5c4oc4ccccc45)nc(-c4cc5ccccc5c5c4oc4ccc(-c6ccc7c(c6)oc6ccccc67)cc45)n3)cc2)cc1. The number of aromatic nitrogens is 3. The highest BCUT2D eigenvalue weighted by Gasteiger charge is 2.23. The van der Waals surface area contributed by atoms with Gasteiger partial charge in [0.1, 0.15) is 33.5 Å². The summed E-state index contributed by atoms with van der Waals surface area (Å²) in [6.07, 6.45) is 0. The number of fused-ring (bicyclic) bond motifs is 11. The van der Waals surface area contributed by atoms with E-state index in [9.17, 15) is 0 Å². The minimum absolute atomic E-state index is 0.505. The van der Waals surface area contributed by atoms with Gasteiger partial charge in [-0.2, -0.15) is 0 Å². The summed E-state index contributed by atoms with van der Waals surface area (Å²) in [6.45, 7) is 0. The molecule has 0 atom stereocenters. The van der Waals surface area contributed by atoms with Crippen molar-refractivity contribution in [2.45, 2.75) is 0 Å². The van der Waals surface area contributed by atoms with Crippen molar-refractivity contribution in [1.82, 2.24) is 15.0 Å². The highest BCUT2D eigenvalue weighted by Crippen LogP contribution is 2.43. The lowest BCUT2D eigenvalue weighted by atomic mass is 9.97. The molecule has 0 spiro atoms. The Morgan fingerprint density at radius 1 is 0.279 bits per heavy atom. The van der Waals surface area contributed by atoms with Crippen LogP contribution in [-0.4, -0.2) is 15.0 Å². The van der Waals surface area contributed by atoms with Crippen LogP contribution in [0, 0.1) is 0 Å². The standard InChI is InChI=1S/C55H31N3O3/c1-2-11-32(12-3-1)33-21-23-34(24-22-33)53-56-54(43-18-10-17-42-40-16-7-9-20-47(40)60-51(42)43)58-55(57-53)45-30-37-13-4-5-14-38(37)50-44-29-35(26-28-48(44)61-52(45)50)36-25-27-41-39-15-6-8-19-46(39)59-49(41)31-36/h1-31H. The molecule has 0 aliphatic heterocycles. The predicted octanol–water partition coefficient (Wildman–Crippen LogP) is 15.1. The molecule has 0 fully saturated rings. The summed E-state index contributed by atoms with van der Waals surface area (Å²) in [6, 6.07) is 64.6. The van der Waals surface area contributed by atoms with Crippen molar-refractivity contribution >= 4 is 76.6 Å². The molecule has 6 heteroatoms. The minimum atomic E-state index is 0.505. The molecule has 0 amide bonds. The zero-order valence-corrected chi connectivity index (χ0v) is 32.5. The second-order valence-electron chi connectivity index (χ2n) is 15.5. The molecule has 4 heterocycles. The topological polar surface area (TPSA) is 78.1 Å². The lowest BCUT2D eigenvalue weighted by Gasteiger charge is -2.11. The van der Waals surface area contributed by atoms with Gasteiger partial charge in [-0.25, -0.2) is 15.0 Å². The van der Waals surface area contributed by atoms with Crippen LogP contribution in [0.5, 0.6) is 0 Å². The molecule has 9 aromatic carbocycles. The summed E-state index contributed by atoms with van der Waals surface area (Å²) in [5.41, 5.74) is 11.6. The van der Waals surface area contributed by atoms with E-state index in [2.05, 4.69) is 133 Å². The number of hydrogen-bond acceptors (Lipinski definition) is 6. The first kappa shape index (κ1) is 33.6. The Morgan fingerprint density at radius 2 is 0.836 bits per heavy atom. The molecule has 13 aromatic rings. The summed E-state index contributed by atoms with van der Waals surface area (Å²) in [4.78, 5) is 15.7. The van der Waals surface area contributed by atoms with Crippen LogP contribution in [0.15, 0.2) is 201 Å². The Balaban J connectivity index is 1.03. The van der Waals surface area contributed by atoms with Crippen LogP contribution in [0.25, 0.3) is 133 Å². The molecule has 6 nitrogen and oxygen atoms in total. The molecule has 0 saturated carbocycles. The molecule has 284 valence electrons. The molecule has 0 saturated heterocycles. The third-order valence-electron chi connectivity index (χ3n) is 11.9. The predicted molar refractivity (Wildman–Crippen MR) is 246 cm³/mol. The fourth-order valence-corrected chi connectivity index (χ4v) is 8.99. The molecule has 0 aliphatic rings. The second-order valence-corrected chi connectivity index (χ2v) is 15.5. The summed E-state index contributed by atoms with van der Waals surface area (Å²) in [5.74, 6) is 1.57. The van der Waals surface area contributed by atoms with Crippen molar-refractivity contribution in [3.63, 3.8) is 0 Å². The first-order valence-corrected chi connectivity index (χ1v) is 20.3. The van der Waals surface area contributed by atoms with Crippen LogP contribution in [0.3, 0.4) is 0 Å². The minimum Gasteiger partial charge on any atom is -0.456 e. The zero-order chi connectivity index (χ0) is 40.0. The van der Waals surface area contributed by atoms with Crippen LogP contribution in [0.1, 0.15) is 0 Å². The smallest absolute Gasteiger partial charge is 0.167 e. The molecule has 13 rings (SSSR count). The van der Waals surface area contributed by atoms with Crippen LogP contribution in [-0.2, 0) is 0 Å². The van der Waals surface area contributed by atoms with E-state index in [1.54, 1.807) is 0 Å². The van der Waals surface area contributed by atoms with Gasteiger partial charge < -0.3 is 13.3 Å². The highest BCUT2D eigenvalue weighted by molar-refractivity contribution is 6.23. The van der Waals surface area contributed by atoms with Gasteiger partial charge in [0, 0.05) is 37.9 Å². The van der Waals surface area contributed by atoms with E-state index in [1.165, 1.54) is 0 Å². The fourth-order valence-electron chi connectivity index (χ4n) is 8.99. The summed E-state index contributed by atoms with van der Waals surface area (Å²) in [5, 5.41) is 8.41. The largest absolute Gasteiger partial charge is 0.456 e. The number of benzene rings is 9. The Morgan fingerprint density at radius 3 is 1.67 bits per heavy atom. The lowest BCUT2D eigenvalue weighted by Crippen LogP contribution is -2.01. The Kier molecular flexibility index (Phi) is 7.21. The number of nitrogens with zero attached hydrogens (tertiary/aromatic N) is 3. The van der Waals surface area contributed by atoms with Crippen molar-refractivity contribution in [2.75, 3.05) is 0 Å². The van der Waals surface area contributed by atoms with Gasteiger partial charge in [0.25, 0.3) is 0 Å². The van der Waals surface area contributed by atoms with Crippen LogP contribution < -0.4 is 0 Å². The normalized spacial score (nSPS) is 11.9. The highest BCUT2D eigenvalue weighted by atomic mass is 16.3. The van der Waals surface area contributed by atoms with E-state index in [1.807, 2.05) is 54.6 Å². The summed E-state index contributed by atoms with van der Waals surface area (Å²) < 4.78 is 19.7. The molecular formula is C55H31N3O3. The van der Waals surface area contributed by atoms with Crippen LogP contribution >= 0.6 is 0 Å². The van der Waals surface area contributed by atoms with Crippen LogP contribution in [0.2, 0.25) is 0 Å². The van der Waals surface area contributed by atoms with Crippen molar-refractivity contribution in [3.8, 4) is 56.4 Å². The number of furan rings is 3. The Labute approximate surface area is 348 Å². The lowest BCUT2D eigenvalue weighted by molar-refractivity contribution is 0.669. The van der Waals surface area contributed by atoms with E-state index >= 15 is 0 Å².